The van der Waals surface area contributed by atoms with Gasteiger partial charge in [0.05, 0.1) is 12.2 Å². The highest BCUT2D eigenvalue weighted by molar-refractivity contribution is 8.00. The van der Waals surface area contributed by atoms with E-state index in [1.165, 1.54) is 19.3 Å². The van der Waals surface area contributed by atoms with Crippen LogP contribution in [-0.4, -0.2) is 18.2 Å². The van der Waals surface area contributed by atoms with Crippen LogP contribution in [0, 0.1) is 0 Å². The predicted molar refractivity (Wildman–Crippen MR) is 162 cm³/mol. The van der Waals surface area contributed by atoms with Gasteiger partial charge >= 0.3 is 5.97 Å². The molecule has 0 aliphatic carbocycles. The quantitative estimate of drug-likeness (QED) is 0.0664. The van der Waals surface area contributed by atoms with Crippen LogP contribution in [0.4, 0.5) is 0 Å². The van der Waals surface area contributed by atoms with Crippen molar-refractivity contribution in [3.05, 3.63) is 84.5 Å². The Labute approximate surface area is 225 Å². The van der Waals surface area contributed by atoms with Crippen molar-refractivity contribution < 1.29 is 18.6 Å². The summed E-state index contributed by atoms with van der Waals surface area (Å²) >= 11 is 0. The van der Waals surface area contributed by atoms with E-state index in [9.17, 15) is 4.79 Å². The Balaban J connectivity index is 2.21. The predicted octanol–water partition coefficient (Wildman–Crippen LogP) is 8.82. The van der Waals surface area contributed by atoms with E-state index in [1.807, 2.05) is 36.4 Å². The van der Waals surface area contributed by atoms with Crippen LogP contribution in [0.25, 0.3) is 0 Å². The van der Waals surface area contributed by atoms with E-state index in [4.69, 9.17) is 13.8 Å². The highest BCUT2D eigenvalue weighted by Gasteiger charge is 2.06. The van der Waals surface area contributed by atoms with Crippen molar-refractivity contribution in [2.45, 2.75) is 89.9 Å². The minimum Gasteiger partial charge on any atom is -0.461 e. The number of allylic oxidation sites excluding steroid dienone is 5. The lowest BCUT2D eigenvalue weighted by Crippen LogP contribution is -2.05. The number of carbonyl (C=O) groups excluding carboxylic acids is 1. The number of carbonyl (C=O) groups is 1. The van der Waals surface area contributed by atoms with Gasteiger partial charge in [-0.15, -0.1) is 0 Å². The fourth-order valence-electron chi connectivity index (χ4n) is 3.42. The molecule has 0 aliphatic rings. The molecule has 5 unspecified atom stereocenters. The van der Waals surface area contributed by atoms with E-state index in [-0.39, 0.29) is 18.2 Å². The van der Waals surface area contributed by atoms with Crippen molar-refractivity contribution in [1.29, 1.82) is 0 Å². The van der Waals surface area contributed by atoms with Crippen molar-refractivity contribution in [2.75, 3.05) is 0 Å². The number of hydrogen-bond acceptors (Lipinski definition) is 4. The molecular weight excluding hydrogens is 505 g/mol. The Kier molecular flexibility index (Phi) is 22.1. The molecule has 1 aromatic rings. The van der Waals surface area contributed by atoms with Gasteiger partial charge in [-0.3, -0.25) is 4.79 Å². The highest BCUT2D eigenvalue weighted by atomic mass is 32.0. The van der Waals surface area contributed by atoms with Gasteiger partial charge in [-0.1, -0.05) is 120 Å². The number of rotatable bonds is 21. The average Bonchev–Trinajstić information content (AvgIpc) is 2.90. The van der Waals surface area contributed by atoms with Crippen LogP contribution < -0.4 is 0 Å². The third kappa shape index (κ3) is 19.0. The van der Waals surface area contributed by atoms with Crippen molar-refractivity contribution >= 4 is 32.9 Å². The molecule has 1 rings (SSSR count). The molecule has 0 heterocycles. The molecule has 0 saturated carbocycles. The maximum atomic E-state index is 11.9. The summed E-state index contributed by atoms with van der Waals surface area (Å²) in [7, 11) is 5.39. The molecule has 0 aromatic heterocycles. The molecule has 0 amide bonds. The molecule has 4 nitrogen and oxygen atoms in total. The second-order valence-electron chi connectivity index (χ2n) is 8.55. The van der Waals surface area contributed by atoms with Crippen LogP contribution in [0.15, 0.2) is 78.9 Å². The molecule has 1 aromatic carbocycles. The van der Waals surface area contributed by atoms with Crippen LogP contribution in [0.2, 0.25) is 0 Å². The van der Waals surface area contributed by atoms with E-state index in [2.05, 4.69) is 67.9 Å². The van der Waals surface area contributed by atoms with Crippen molar-refractivity contribution in [1.82, 2.24) is 0 Å². The smallest absolute Gasteiger partial charge is 0.306 e. The molecule has 0 N–H and O–H groups in total. The monoisotopic (exact) mass is 550 g/mol. The van der Waals surface area contributed by atoms with Crippen molar-refractivity contribution in [3.63, 3.8) is 0 Å². The Morgan fingerprint density at radius 1 is 0.944 bits per heavy atom. The van der Waals surface area contributed by atoms with Gasteiger partial charge in [0.2, 0.25) is 0 Å². The number of hydrogen-bond donors (Lipinski definition) is 0. The summed E-state index contributed by atoms with van der Waals surface area (Å²) in [6, 6.07) is 9.77. The van der Waals surface area contributed by atoms with Crippen molar-refractivity contribution in [2.24, 2.45) is 0 Å². The third-order valence-electron chi connectivity index (χ3n) is 5.50. The molecule has 0 saturated heterocycles. The topological polar surface area (TPSA) is 44.8 Å². The zero-order chi connectivity index (χ0) is 26.1. The first-order valence-corrected chi connectivity index (χ1v) is 16.2. The SMILES string of the molecule is CCCCC/C=C\C=C\C(C/C=C\C=C\C(CCCCCC(=O)OCc1ccccc1)OP)OPP. The summed E-state index contributed by atoms with van der Waals surface area (Å²) in [5.74, 6) is -0.134. The number of ether oxygens (including phenoxy) is 1. The molecule has 200 valence electrons. The summed E-state index contributed by atoms with van der Waals surface area (Å²) in [6.45, 7) is 2.57. The Morgan fingerprint density at radius 3 is 2.42 bits per heavy atom. The molecule has 7 heteroatoms. The molecule has 0 spiro atoms. The summed E-state index contributed by atoms with van der Waals surface area (Å²) < 4.78 is 16.6. The maximum absolute atomic E-state index is 11.9. The summed E-state index contributed by atoms with van der Waals surface area (Å²) in [4.78, 5) is 11.9. The largest absolute Gasteiger partial charge is 0.461 e. The van der Waals surface area contributed by atoms with Gasteiger partial charge in [-0.25, -0.2) is 0 Å². The van der Waals surface area contributed by atoms with E-state index in [1.54, 1.807) is 0 Å². The fourth-order valence-corrected chi connectivity index (χ4v) is 4.52. The maximum Gasteiger partial charge on any atom is 0.306 e. The standard InChI is InChI=1S/C29H45O4P3/c1-2-3-4-5-6-7-13-22-28(33-36-35)23-16-9-14-20-27(32-34)21-15-10-17-24-29(30)31-25-26-18-11-8-12-19-26/h6-9,11-14,16,18-20,22,27-28,36H,2-5,10,15,17,21,23-25,34-35H2,1H3/b7-6-,16-9-,20-14+,22-13+. The molecule has 5 atom stereocenters. The molecule has 36 heavy (non-hydrogen) atoms. The van der Waals surface area contributed by atoms with Gasteiger partial charge in [0.15, 0.2) is 0 Å². The van der Waals surface area contributed by atoms with E-state index in [0.717, 1.165) is 44.1 Å². The van der Waals surface area contributed by atoms with Gasteiger partial charge < -0.3 is 13.8 Å². The van der Waals surface area contributed by atoms with Crippen LogP contribution >= 0.6 is 26.9 Å². The van der Waals surface area contributed by atoms with Gasteiger partial charge in [0.25, 0.3) is 0 Å². The van der Waals surface area contributed by atoms with E-state index in [0.29, 0.717) is 21.5 Å². The second-order valence-corrected chi connectivity index (χ2v) is 10.0. The van der Waals surface area contributed by atoms with Crippen LogP contribution in [0.3, 0.4) is 0 Å². The van der Waals surface area contributed by atoms with Crippen molar-refractivity contribution in [3.8, 4) is 0 Å². The lowest BCUT2D eigenvalue weighted by molar-refractivity contribution is -0.145. The zero-order valence-electron chi connectivity index (χ0n) is 21.7. The normalized spacial score (nSPS) is 14.2. The van der Waals surface area contributed by atoms with Crippen LogP contribution in [-0.2, 0) is 25.2 Å². The second kappa shape index (κ2) is 24.2. The third-order valence-corrected chi connectivity index (χ3v) is 6.69. The van der Waals surface area contributed by atoms with Crippen LogP contribution in [0.1, 0.15) is 76.7 Å². The van der Waals surface area contributed by atoms with Gasteiger partial charge in [0.1, 0.15) is 6.61 Å². The molecule has 0 aliphatic heterocycles. The van der Waals surface area contributed by atoms with E-state index >= 15 is 0 Å². The molecule has 0 bridgehead atoms. The first kappa shape index (κ1) is 32.9. The van der Waals surface area contributed by atoms with Gasteiger partial charge in [0, 0.05) is 24.4 Å². The molecular formula is C29H45O4P3. The van der Waals surface area contributed by atoms with Gasteiger partial charge in [-0.2, -0.15) is 0 Å². The van der Waals surface area contributed by atoms with Gasteiger partial charge in [-0.05, 0) is 37.7 Å². The number of benzene rings is 1. The Hall–Kier alpha value is -1.14. The average molecular weight is 551 g/mol. The molecule has 0 radical (unpaired) electrons. The summed E-state index contributed by atoms with van der Waals surface area (Å²) in [5, 5.41) is 0. The van der Waals surface area contributed by atoms with E-state index < -0.39 is 0 Å². The first-order chi connectivity index (χ1) is 17.7. The lowest BCUT2D eigenvalue weighted by Gasteiger charge is -2.10. The Morgan fingerprint density at radius 2 is 1.69 bits per heavy atom. The summed E-state index contributed by atoms with van der Waals surface area (Å²) in [6.07, 6.45) is 26.9. The minimum atomic E-state index is -0.134. The first-order valence-electron chi connectivity index (χ1n) is 13.0. The summed E-state index contributed by atoms with van der Waals surface area (Å²) in [5.41, 5.74) is 1.02. The lowest BCUT2D eigenvalue weighted by atomic mass is 10.1. The fraction of sp³-hybridized carbons (Fsp3) is 0.483. The Bertz CT molecular complexity index is 778. The number of esters is 1. The molecule has 0 fully saturated rings. The zero-order valence-corrected chi connectivity index (χ0v) is 25.0. The highest BCUT2D eigenvalue weighted by Crippen LogP contribution is 2.25. The minimum absolute atomic E-state index is 0.0444. The van der Waals surface area contributed by atoms with Crippen LogP contribution in [0.5, 0.6) is 0 Å². The number of unbranched alkanes of at least 4 members (excludes halogenated alkanes) is 5.